The van der Waals surface area contributed by atoms with Gasteiger partial charge in [-0.25, -0.2) is 15.0 Å². The van der Waals surface area contributed by atoms with Gasteiger partial charge in [0.15, 0.2) is 11.5 Å². The predicted molar refractivity (Wildman–Crippen MR) is 141 cm³/mol. The monoisotopic (exact) mass is 511 g/mol. The van der Waals surface area contributed by atoms with Crippen molar-refractivity contribution in [2.24, 2.45) is 11.3 Å². The van der Waals surface area contributed by atoms with E-state index in [1.165, 1.54) is 19.0 Å². The molecule has 3 aliphatic rings. The molecule has 3 fully saturated rings. The summed E-state index contributed by atoms with van der Waals surface area (Å²) in [6.45, 7) is 7.96. The first-order valence-corrected chi connectivity index (χ1v) is 13.2. The summed E-state index contributed by atoms with van der Waals surface area (Å²) in [6.07, 6.45) is 5.15. The molecule has 0 bridgehead atoms. The summed E-state index contributed by atoms with van der Waals surface area (Å²) in [4.78, 5) is 31.6. The fourth-order valence-electron chi connectivity index (χ4n) is 4.94. The number of morpholine rings is 1. The van der Waals surface area contributed by atoms with Crippen molar-refractivity contribution in [3.05, 3.63) is 29.6 Å². The van der Waals surface area contributed by atoms with Crippen molar-refractivity contribution in [3.63, 3.8) is 0 Å². The van der Waals surface area contributed by atoms with Crippen molar-refractivity contribution in [1.29, 1.82) is 0 Å². The third-order valence-electron chi connectivity index (χ3n) is 7.71. The first-order valence-electron chi connectivity index (χ1n) is 13.2. The van der Waals surface area contributed by atoms with E-state index in [1.54, 1.807) is 6.92 Å². The minimum atomic E-state index is -0.988. The first-order chi connectivity index (χ1) is 17.9. The number of rotatable bonds is 8. The van der Waals surface area contributed by atoms with Crippen LogP contribution in [-0.2, 0) is 4.74 Å². The van der Waals surface area contributed by atoms with Crippen LogP contribution in [0.3, 0.4) is 0 Å². The molecule has 11 nitrogen and oxygen atoms in total. The largest absolute Gasteiger partial charge is 0.396 e. The van der Waals surface area contributed by atoms with Gasteiger partial charge in [0, 0.05) is 38.7 Å². The number of piperidine rings is 1. The second-order valence-electron chi connectivity index (χ2n) is 10.6. The lowest BCUT2D eigenvalue weighted by Gasteiger charge is -2.33. The molecule has 4 N–H and O–H groups in total. The maximum atomic E-state index is 13.5. The van der Waals surface area contributed by atoms with Gasteiger partial charge >= 0.3 is 0 Å². The molecule has 2 atom stereocenters. The van der Waals surface area contributed by atoms with Crippen molar-refractivity contribution < 1.29 is 19.7 Å². The number of aliphatic hydroxyl groups excluding tert-OH is 2. The zero-order valence-corrected chi connectivity index (χ0v) is 21.6. The molecule has 1 spiro atoms. The fraction of sp³-hybridized carbons (Fsp3) is 0.615. The normalized spacial score (nSPS) is 20.4. The number of hydrogen-bond acceptors (Lipinski definition) is 10. The van der Waals surface area contributed by atoms with Gasteiger partial charge in [-0.15, -0.1) is 0 Å². The van der Waals surface area contributed by atoms with Crippen LogP contribution in [0.4, 0.5) is 23.3 Å². The summed E-state index contributed by atoms with van der Waals surface area (Å²) in [5.41, 5.74) is 1.68. The highest BCUT2D eigenvalue weighted by Crippen LogP contribution is 2.54. The lowest BCUT2D eigenvalue weighted by atomic mass is 9.93. The molecule has 11 heteroatoms. The van der Waals surface area contributed by atoms with E-state index in [9.17, 15) is 15.0 Å². The molecule has 2 unspecified atom stereocenters. The van der Waals surface area contributed by atoms with Gasteiger partial charge in [-0.3, -0.25) is 4.79 Å². The van der Waals surface area contributed by atoms with E-state index in [-0.39, 0.29) is 24.1 Å². The van der Waals surface area contributed by atoms with Crippen LogP contribution < -0.4 is 20.4 Å². The lowest BCUT2D eigenvalue weighted by molar-refractivity contribution is 0.0974. The summed E-state index contributed by atoms with van der Waals surface area (Å²) in [6, 6.07) is 3.85. The highest BCUT2D eigenvalue weighted by atomic mass is 16.5. The van der Waals surface area contributed by atoms with E-state index in [0.717, 1.165) is 50.4 Å². The molecule has 1 saturated carbocycles. The van der Waals surface area contributed by atoms with Crippen LogP contribution in [0.5, 0.6) is 0 Å². The number of aromatic nitrogens is 3. The van der Waals surface area contributed by atoms with E-state index < -0.39 is 6.23 Å². The van der Waals surface area contributed by atoms with Crippen LogP contribution in [0.25, 0.3) is 0 Å². The van der Waals surface area contributed by atoms with E-state index >= 15 is 0 Å². The zero-order valence-electron chi connectivity index (χ0n) is 21.6. The minimum absolute atomic E-state index is 0.168. The van der Waals surface area contributed by atoms with Crippen molar-refractivity contribution in [2.75, 3.05) is 66.4 Å². The highest BCUT2D eigenvalue weighted by Gasteiger charge is 2.45. The molecular weight excluding hydrogens is 474 g/mol. The van der Waals surface area contributed by atoms with Crippen molar-refractivity contribution >= 4 is 29.2 Å². The Balaban J connectivity index is 1.38. The molecule has 5 rings (SSSR count). The Morgan fingerprint density at radius 1 is 1.08 bits per heavy atom. The Labute approximate surface area is 217 Å². The molecule has 0 aromatic carbocycles. The molecular formula is C26H37N7O4. The predicted octanol–water partition coefficient (Wildman–Crippen LogP) is 2.01. The second kappa shape index (κ2) is 10.8. The molecule has 200 valence electrons. The number of carbonyl (C=O) groups excluding carboxylic acids is 1. The molecule has 37 heavy (non-hydrogen) atoms. The second-order valence-corrected chi connectivity index (χ2v) is 10.6. The smallest absolute Gasteiger partial charge is 0.279 e. The van der Waals surface area contributed by atoms with Gasteiger partial charge < -0.3 is 35.4 Å². The average Bonchev–Trinajstić information content (AvgIpc) is 3.67. The maximum Gasteiger partial charge on any atom is 0.279 e. The summed E-state index contributed by atoms with van der Waals surface area (Å²) in [5.74, 6) is 1.35. The van der Waals surface area contributed by atoms with Gasteiger partial charge in [0.1, 0.15) is 23.7 Å². The minimum Gasteiger partial charge on any atom is -0.396 e. The van der Waals surface area contributed by atoms with Crippen molar-refractivity contribution in [3.8, 4) is 0 Å². The van der Waals surface area contributed by atoms with Gasteiger partial charge in [-0.1, -0.05) is 6.92 Å². The number of pyridine rings is 1. The van der Waals surface area contributed by atoms with Gasteiger partial charge in [-0.05, 0) is 55.7 Å². The van der Waals surface area contributed by atoms with Crippen LogP contribution in [0.1, 0.15) is 48.7 Å². The Bertz CT molecular complexity index is 1110. The van der Waals surface area contributed by atoms with Crippen molar-refractivity contribution in [1.82, 2.24) is 15.0 Å². The Hall–Kier alpha value is -3.02. The van der Waals surface area contributed by atoms with Gasteiger partial charge in [0.05, 0.1) is 19.4 Å². The molecule has 1 amide bonds. The third-order valence-corrected chi connectivity index (χ3v) is 7.71. The number of carbonyl (C=O) groups is 1. The number of nitrogens with one attached hydrogen (secondary N) is 2. The highest BCUT2D eigenvalue weighted by molar-refractivity contribution is 6.05. The molecule has 2 aliphatic heterocycles. The first kappa shape index (κ1) is 25.6. The number of hydrogen-bond donors (Lipinski definition) is 4. The molecule has 2 aromatic heterocycles. The number of aryl methyl sites for hydroxylation is 1. The summed E-state index contributed by atoms with van der Waals surface area (Å²) >= 11 is 0. The Morgan fingerprint density at radius 2 is 1.81 bits per heavy atom. The van der Waals surface area contributed by atoms with Crippen LogP contribution in [-0.4, -0.2) is 83.3 Å². The van der Waals surface area contributed by atoms with Crippen LogP contribution in [0.15, 0.2) is 18.3 Å². The van der Waals surface area contributed by atoms with Gasteiger partial charge in [0.2, 0.25) is 0 Å². The fourth-order valence-corrected chi connectivity index (χ4v) is 4.94. The van der Waals surface area contributed by atoms with E-state index in [4.69, 9.17) is 9.72 Å². The third kappa shape index (κ3) is 5.94. The van der Waals surface area contributed by atoms with E-state index in [0.29, 0.717) is 36.1 Å². The number of nitrogens with zero attached hydrogens (tertiary/aromatic N) is 5. The summed E-state index contributed by atoms with van der Waals surface area (Å²) < 4.78 is 5.45. The molecule has 2 saturated heterocycles. The Morgan fingerprint density at radius 3 is 2.49 bits per heavy atom. The zero-order chi connectivity index (χ0) is 26.0. The molecule has 4 heterocycles. The summed E-state index contributed by atoms with van der Waals surface area (Å²) in [5, 5.41) is 25.5. The van der Waals surface area contributed by atoms with Gasteiger partial charge in [-0.2, -0.15) is 0 Å². The van der Waals surface area contributed by atoms with Crippen molar-refractivity contribution in [2.45, 2.75) is 45.8 Å². The standard InChI is InChI=1S/C26H37N7O4/c1-17-13-19(28-21(14-17)32-9-11-37-12-10-32)30-25(36)22-23(33-7-5-26(3-4-26)6-8-33)29-20(15-27-22)31-24(35)18(2)16-34/h13-15,18,24,34-35H,3-12,16H2,1-2H3,(H,29,31)(H,28,30,36). The lowest BCUT2D eigenvalue weighted by Crippen LogP contribution is -2.37. The van der Waals surface area contributed by atoms with E-state index in [1.807, 2.05) is 19.1 Å². The topological polar surface area (TPSA) is 136 Å². The SMILES string of the molecule is Cc1cc(NC(=O)c2ncc(NC(O)C(C)CO)nc2N2CCC3(CC2)CC3)nc(N2CCOCC2)c1. The Kier molecular flexibility index (Phi) is 7.45. The average molecular weight is 512 g/mol. The molecule has 0 radical (unpaired) electrons. The van der Waals surface area contributed by atoms with Crippen LogP contribution in [0, 0.1) is 18.3 Å². The number of amides is 1. The number of ether oxygens (including phenoxy) is 1. The quantitative estimate of drug-likeness (QED) is 0.390. The van der Waals surface area contributed by atoms with Crippen LogP contribution in [0.2, 0.25) is 0 Å². The number of anilines is 4. The van der Waals surface area contributed by atoms with E-state index in [2.05, 4.69) is 30.4 Å². The number of aliphatic hydroxyl groups is 2. The van der Waals surface area contributed by atoms with Crippen LogP contribution >= 0.6 is 0 Å². The molecule has 1 aliphatic carbocycles. The summed E-state index contributed by atoms with van der Waals surface area (Å²) in [7, 11) is 0. The maximum absolute atomic E-state index is 13.5. The molecule has 2 aromatic rings. The van der Waals surface area contributed by atoms with Gasteiger partial charge in [0.25, 0.3) is 5.91 Å².